The van der Waals surface area contributed by atoms with Crippen LogP contribution >= 0.6 is 0 Å². The molecule has 0 saturated heterocycles. The van der Waals surface area contributed by atoms with E-state index in [-0.39, 0.29) is 17.3 Å². The van der Waals surface area contributed by atoms with Gasteiger partial charge in [-0.2, -0.15) is 13.2 Å². The summed E-state index contributed by atoms with van der Waals surface area (Å²) < 4.78 is 42.6. The lowest BCUT2D eigenvalue weighted by Crippen LogP contribution is -2.19. The van der Waals surface area contributed by atoms with Gasteiger partial charge >= 0.3 is 6.18 Å². The fourth-order valence-corrected chi connectivity index (χ4v) is 1.16. The zero-order chi connectivity index (χ0) is 13.9. The third kappa shape index (κ3) is 3.25. The summed E-state index contributed by atoms with van der Waals surface area (Å²) in [5.74, 6) is -0.693. The zero-order valence-corrected chi connectivity index (χ0v) is 9.69. The van der Waals surface area contributed by atoms with E-state index in [1.165, 1.54) is 0 Å². The Morgan fingerprint density at radius 2 is 2.06 bits per heavy atom. The molecule has 0 spiro atoms. The predicted octanol–water partition coefficient (Wildman–Crippen LogP) is 1.98. The van der Waals surface area contributed by atoms with Crippen molar-refractivity contribution in [3.63, 3.8) is 0 Å². The van der Waals surface area contributed by atoms with E-state index in [0.717, 1.165) is 12.1 Å². The summed E-state index contributed by atoms with van der Waals surface area (Å²) in [7, 11) is 0. The zero-order valence-electron chi connectivity index (χ0n) is 9.69. The Bertz CT molecular complexity index is 458. The molecule has 1 heterocycles. The van der Waals surface area contributed by atoms with Crippen molar-refractivity contribution in [3.8, 4) is 5.88 Å². The molecule has 0 bridgehead atoms. The maximum Gasteiger partial charge on any atom is 0.433 e. The number of nitrogens with zero attached hydrogens (tertiary/aromatic N) is 2. The van der Waals surface area contributed by atoms with E-state index in [9.17, 15) is 13.2 Å². The van der Waals surface area contributed by atoms with Crippen LogP contribution in [0, 0.1) is 0 Å². The van der Waals surface area contributed by atoms with Crippen LogP contribution in [0.3, 0.4) is 0 Å². The lowest BCUT2D eigenvalue weighted by atomic mass is 10.2. The van der Waals surface area contributed by atoms with E-state index < -0.39 is 18.0 Å². The van der Waals surface area contributed by atoms with Crippen LogP contribution < -0.4 is 10.5 Å². The van der Waals surface area contributed by atoms with Crippen LogP contribution in [-0.2, 0) is 6.18 Å². The summed E-state index contributed by atoms with van der Waals surface area (Å²) in [5, 5.41) is 11.2. The molecule has 0 aromatic carbocycles. The number of nitrogens with two attached hydrogens (primary N) is 1. The van der Waals surface area contributed by atoms with Gasteiger partial charge in [-0.25, -0.2) is 4.98 Å². The highest BCUT2D eigenvalue weighted by atomic mass is 19.4. The number of aromatic nitrogens is 1. The van der Waals surface area contributed by atoms with Gasteiger partial charge < -0.3 is 15.7 Å². The summed E-state index contributed by atoms with van der Waals surface area (Å²) in [4.78, 5) is 3.33. The first-order valence-corrected chi connectivity index (χ1v) is 4.98. The summed E-state index contributed by atoms with van der Waals surface area (Å²) in [6.45, 7) is 3.25. The maximum atomic E-state index is 12.5. The molecule has 0 radical (unpaired) electrons. The Hall–Kier alpha value is -1.99. The molecule has 0 aliphatic rings. The summed E-state index contributed by atoms with van der Waals surface area (Å²) in [6.07, 6.45) is -4.98. The van der Waals surface area contributed by atoms with Gasteiger partial charge in [0.25, 0.3) is 0 Å². The van der Waals surface area contributed by atoms with Crippen LogP contribution in [0.15, 0.2) is 17.3 Å². The second kappa shape index (κ2) is 5.11. The number of amidine groups is 1. The number of hydrogen-bond acceptors (Lipinski definition) is 4. The fourth-order valence-electron chi connectivity index (χ4n) is 1.16. The minimum atomic E-state index is -4.58. The molecule has 0 atom stereocenters. The molecule has 0 saturated carbocycles. The van der Waals surface area contributed by atoms with Crippen molar-refractivity contribution >= 4 is 5.84 Å². The highest BCUT2D eigenvalue weighted by Gasteiger charge is 2.33. The standard InChI is InChI=1S/C10H12F3N3O2/c1-5(2)18-9-6(8(14)16-17)3-4-7(15-9)10(11,12)13/h3-5,17H,1-2H3,(H2,14,16). The molecule has 0 aliphatic carbocycles. The number of alkyl halides is 3. The van der Waals surface area contributed by atoms with Crippen molar-refractivity contribution in [1.29, 1.82) is 0 Å². The van der Waals surface area contributed by atoms with Crippen molar-refractivity contribution in [2.75, 3.05) is 0 Å². The number of hydrogen-bond donors (Lipinski definition) is 2. The van der Waals surface area contributed by atoms with Crippen LogP contribution in [0.4, 0.5) is 13.2 Å². The van der Waals surface area contributed by atoms with Gasteiger partial charge in [0.1, 0.15) is 5.69 Å². The van der Waals surface area contributed by atoms with Crippen LogP contribution in [0.1, 0.15) is 25.1 Å². The topological polar surface area (TPSA) is 80.7 Å². The number of ether oxygens (including phenoxy) is 1. The smallest absolute Gasteiger partial charge is 0.433 e. The van der Waals surface area contributed by atoms with E-state index >= 15 is 0 Å². The average molecular weight is 263 g/mol. The van der Waals surface area contributed by atoms with Crippen molar-refractivity contribution in [2.45, 2.75) is 26.1 Å². The second-order valence-corrected chi connectivity index (χ2v) is 3.70. The van der Waals surface area contributed by atoms with Crippen molar-refractivity contribution in [1.82, 2.24) is 4.98 Å². The second-order valence-electron chi connectivity index (χ2n) is 3.70. The number of rotatable bonds is 3. The van der Waals surface area contributed by atoms with E-state index in [1.807, 2.05) is 0 Å². The third-order valence-electron chi connectivity index (χ3n) is 1.88. The molecular weight excluding hydrogens is 251 g/mol. The van der Waals surface area contributed by atoms with E-state index in [1.54, 1.807) is 13.8 Å². The molecule has 18 heavy (non-hydrogen) atoms. The Balaban J connectivity index is 3.29. The van der Waals surface area contributed by atoms with Gasteiger partial charge in [0.15, 0.2) is 5.84 Å². The van der Waals surface area contributed by atoms with Gasteiger partial charge in [-0.3, -0.25) is 0 Å². The molecule has 3 N–H and O–H groups in total. The first kappa shape index (κ1) is 14.1. The van der Waals surface area contributed by atoms with E-state index in [0.29, 0.717) is 0 Å². The normalized spacial score (nSPS) is 12.9. The minimum Gasteiger partial charge on any atom is -0.474 e. The van der Waals surface area contributed by atoms with Gasteiger partial charge in [-0.1, -0.05) is 5.16 Å². The molecule has 8 heteroatoms. The first-order chi connectivity index (χ1) is 8.25. The van der Waals surface area contributed by atoms with Crippen molar-refractivity contribution in [3.05, 3.63) is 23.4 Å². The summed E-state index contributed by atoms with van der Waals surface area (Å²) in [6, 6.07) is 1.78. The Labute approximate surface area is 101 Å². The number of pyridine rings is 1. The highest BCUT2D eigenvalue weighted by molar-refractivity contribution is 5.99. The number of halogens is 3. The largest absolute Gasteiger partial charge is 0.474 e. The van der Waals surface area contributed by atoms with Gasteiger partial charge in [0, 0.05) is 0 Å². The average Bonchev–Trinajstić information content (AvgIpc) is 2.26. The molecule has 0 aliphatic heterocycles. The Morgan fingerprint density at radius 1 is 1.44 bits per heavy atom. The quantitative estimate of drug-likeness (QED) is 0.378. The molecule has 0 fully saturated rings. The van der Waals surface area contributed by atoms with Crippen molar-refractivity contribution in [2.24, 2.45) is 10.9 Å². The van der Waals surface area contributed by atoms with Gasteiger partial charge in [0.2, 0.25) is 5.88 Å². The third-order valence-corrected chi connectivity index (χ3v) is 1.88. The molecule has 0 amide bonds. The SMILES string of the molecule is CC(C)Oc1nc(C(F)(F)F)ccc1C(N)=NO. The molecule has 100 valence electrons. The van der Waals surface area contributed by atoms with Crippen LogP contribution in [0.2, 0.25) is 0 Å². The molecular formula is C10H12F3N3O2. The maximum absolute atomic E-state index is 12.5. The lowest BCUT2D eigenvalue weighted by Gasteiger charge is -2.14. The first-order valence-electron chi connectivity index (χ1n) is 4.98. The van der Waals surface area contributed by atoms with Gasteiger partial charge in [-0.15, -0.1) is 0 Å². The van der Waals surface area contributed by atoms with Gasteiger partial charge in [0.05, 0.1) is 11.7 Å². The highest BCUT2D eigenvalue weighted by Crippen LogP contribution is 2.30. The molecule has 0 unspecified atom stereocenters. The molecule has 1 aromatic rings. The summed E-state index contributed by atoms with van der Waals surface area (Å²) in [5.41, 5.74) is 4.22. The van der Waals surface area contributed by atoms with Crippen LogP contribution in [-0.4, -0.2) is 22.1 Å². The molecule has 1 aromatic heterocycles. The lowest BCUT2D eigenvalue weighted by molar-refractivity contribution is -0.141. The van der Waals surface area contributed by atoms with Gasteiger partial charge in [-0.05, 0) is 26.0 Å². The Morgan fingerprint density at radius 3 is 2.50 bits per heavy atom. The van der Waals surface area contributed by atoms with Crippen LogP contribution in [0.25, 0.3) is 0 Å². The Kier molecular flexibility index (Phi) is 4.00. The molecule has 1 rings (SSSR count). The summed E-state index contributed by atoms with van der Waals surface area (Å²) >= 11 is 0. The minimum absolute atomic E-state index is 0.000741. The van der Waals surface area contributed by atoms with E-state index in [2.05, 4.69) is 10.1 Å². The fraction of sp³-hybridized carbons (Fsp3) is 0.400. The molecule has 5 nitrogen and oxygen atoms in total. The predicted molar refractivity (Wildman–Crippen MR) is 57.5 cm³/mol. The van der Waals surface area contributed by atoms with E-state index in [4.69, 9.17) is 15.7 Å². The monoisotopic (exact) mass is 263 g/mol. The van der Waals surface area contributed by atoms with Crippen LogP contribution in [0.5, 0.6) is 5.88 Å². The number of oxime groups is 1. The van der Waals surface area contributed by atoms with Crippen molar-refractivity contribution < 1.29 is 23.1 Å².